The summed E-state index contributed by atoms with van der Waals surface area (Å²) in [6, 6.07) is 8.57. The van der Waals surface area contributed by atoms with Crippen LogP contribution in [0.25, 0.3) is 0 Å². The van der Waals surface area contributed by atoms with Crippen molar-refractivity contribution in [2.75, 3.05) is 24.7 Å². The maximum atomic E-state index is 14.8. The maximum Gasteiger partial charge on any atom is 0.416 e. The van der Waals surface area contributed by atoms with E-state index in [0.717, 1.165) is 23.1 Å². The van der Waals surface area contributed by atoms with E-state index < -0.39 is 53.5 Å². The molecule has 0 radical (unpaired) electrons. The third-order valence-electron chi connectivity index (χ3n) is 7.22. The van der Waals surface area contributed by atoms with E-state index in [1.165, 1.54) is 29.2 Å². The smallest absolute Gasteiger partial charge is 0.377 e. The van der Waals surface area contributed by atoms with E-state index in [4.69, 9.17) is 10.00 Å². The number of carbonyl (C=O) groups is 3. The molecule has 39 heavy (non-hydrogen) atoms. The van der Waals surface area contributed by atoms with Gasteiger partial charge in [-0.3, -0.25) is 14.5 Å². The Bertz CT molecular complexity index is 1350. The molecule has 204 valence electrons. The van der Waals surface area contributed by atoms with Crippen LogP contribution in [0.15, 0.2) is 42.5 Å². The van der Waals surface area contributed by atoms with Gasteiger partial charge in [0.05, 0.1) is 42.1 Å². The highest BCUT2D eigenvalue weighted by Gasteiger charge is 2.60. The van der Waals surface area contributed by atoms with E-state index in [2.05, 4.69) is 10.6 Å². The number of rotatable bonds is 5. The van der Waals surface area contributed by atoms with Gasteiger partial charge in [-0.1, -0.05) is 12.1 Å². The van der Waals surface area contributed by atoms with Gasteiger partial charge in [0.15, 0.2) is 0 Å². The summed E-state index contributed by atoms with van der Waals surface area (Å²) in [6.45, 7) is 0.136. The van der Waals surface area contributed by atoms with Gasteiger partial charge in [0, 0.05) is 25.4 Å². The number of hydrogen-bond acceptors (Lipinski definition) is 5. The lowest BCUT2D eigenvalue weighted by Gasteiger charge is -2.57. The van der Waals surface area contributed by atoms with Crippen molar-refractivity contribution in [3.63, 3.8) is 0 Å². The summed E-state index contributed by atoms with van der Waals surface area (Å²) in [7, 11) is 0. The highest BCUT2D eigenvalue weighted by molar-refractivity contribution is 6.10. The second kappa shape index (κ2) is 9.85. The summed E-state index contributed by atoms with van der Waals surface area (Å²) in [5, 5.41) is 14.5. The Morgan fingerprint density at radius 2 is 1.74 bits per heavy atom. The predicted octanol–water partition coefficient (Wildman–Crippen LogP) is 2.69. The van der Waals surface area contributed by atoms with Crippen LogP contribution in [-0.4, -0.2) is 60.1 Å². The van der Waals surface area contributed by atoms with Crippen molar-refractivity contribution in [1.82, 2.24) is 15.5 Å². The minimum atomic E-state index is -4.53. The van der Waals surface area contributed by atoms with Crippen molar-refractivity contribution in [3.05, 3.63) is 65.0 Å². The zero-order chi connectivity index (χ0) is 27.9. The predicted molar refractivity (Wildman–Crippen MR) is 127 cm³/mol. The Hall–Kier alpha value is -4.18. The largest absolute Gasteiger partial charge is 0.416 e. The molecule has 0 aromatic heterocycles. The Balaban J connectivity index is 1.40. The molecule has 0 unspecified atom stereocenters. The second-order valence-electron chi connectivity index (χ2n) is 9.83. The van der Waals surface area contributed by atoms with Crippen LogP contribution in [0.1, 0.15) is 29.5 Å². The second-order valence-corrected chi connectivity index (χ2v) is 9.83. The maximum absolute atomic E-state index is 14.8. The molecule has 2 aromatic carbocycles. The van der Waals surface area contributed by atoms with E-state index in [1.807, 2.05) is 0 Å². The average molecular weight is 545 g/mol. The topological polar surface area (TPSA) is 115 Å². The van der Waals surface area contributed by atoms with Gasteiger partial charge >= 0.3 is 12.2 Å². The van der Waals surface area contributed by atoms with Crippen molar-refractivity contribution in [3.8, 4) is 6.07 Å². The molecule has 9 nitrogen and oxygen atoms in total. The first-order chi connectivity index (χ1) is 18.5. The van der Waals surface area contributed by atoms with Gasteiger partial charge in [-0.15, -0.1) is 0 Å². The summed E-state index contributed by atoms with van der Waals surface area (Å²) in [5.74, 6) is -1.96. The van der Waals surface area contributed by atoms with E-state index in [-0.39, 0.29) is 36.7 Å². The normalized spacial score (nSPS) is 23.2. The van der Waals surface area contributed by atoms with Gasteiger partial charge in [0.2, 0.25) is 5.91 Å². The molecule has 2 N–H and O–H groups in total. The fourth-order valence-corrected chi connectivity index (χ4v) is 5.09. The van der Waals surface area contributed by atoms with E-state index in [0.29, 0.717) is 18.8 Å². The first kappa shape index (κ1) is 26.4. The van der Waals surface area contributed by atoms with Crippen LogP contribution in [0, 0.1) is 17.1 Å². The summed E-state index contributed by atoms with van der Waals surface area (Å²) in [4.78, 5) is 41.9. The average Bonchev–Trinajstić information content (AvgIpc) is 2.84. The van der Waals surface area contributed by atoms with Gasteiger partial charge in [0.1, 0.15) is 17.9 Å². The van der Waals surface area contributed by atoms with Crippen LogP contribution in [-0.2, 0) is 27.0 Å². The lowest BCUT2D eigenvalue weighted by atomic mass is 9.68. The number of alkyl halides is 3. The van der Waals surface area contributed by atoms with Crippen molar-refractivity contribution in [2.45, 2.75) is 43.2 Å². The third kappa shape index (κ3) is 4.99. The quantitative estimate of drug-likeness (QED) is 0.561. The molecule has 1 aliphatic carbocycles. The number of anilines is 1. The molecule has 0 bridgehead atoms. The van der Waals surface area contributed by atoms with Crippen molar-refractivity contribution < 1.29 is 36.7 Å². The van der Waals surface area contributed by atoms with Crippen LogP contribution in [0.5, 0.6) is 0 Å². The van der Waals surface area contributed by atoms with Crippen LogP contribution >= 0.6 is 0 Å². The lowest BCUT2D eigenvalue weighted by molar-refractivity contribution is -0.159. The van der Waals surface area contributed by atoms with Gasteiger partial charge in [-0.25, -0.2) is 9.18 Å². The van der Waals surface area contributed by atoms with Crippen molar-refractivity contribution in [2.24, 2.45) is 0 Å². The standard InChI is InChI=1S/C26H23F4N5O4/c27-20-7-16(10-31)3-6-21(20)34-12-22(36)35(11-15-1-4-17(5-2-15)26(28,29)30)25(23(34)37)8-18(9-25)32-24(38)33-19-13-39-14-19/h1-7,18-19H,8-9,11-14H2,(H2,32,33,38). The number of ether oxygens (including phenoxy) is 1. The number of carbonyl (C=O) groups excluding carboxylic acids is 3. The van der Waals surface area contributed by atoms with Crippen molar-refractivity contribution >= 4 is 23.5 Å². The van der Waals surface area contributed by atoms with Crippen molar-refractivity contribution in [1.29, 1.82) is 5.26 Å². The summed E-state index contributed by atoms with van der Waals surface area (Å²) in [6.07, 6.45) is -4.47. The molecule has 5 rings (SSSR count). The zero-order valence-electron chi connectivity index (χ0n) is 20.4. The molecular weight excluding hydrogens is 522 g/mol. The SMILES string of the molecule is N#Cc1ccc(N2CC(=O)N(Cc3ccc(C(F)(F)F)cc3)C3(CC(NC(=O)NC4COC4)C3)C2=O)c(F)c1. The molecule has 2 aliphatic heterocycles. The number of nitrogens with zero attached hydrogens (tertiary/aromatic N) is 3. The molecule has 2 heterocycles. The minimum absolute atomic E-state index is 0.0290. The fourth-order valence-electron chi connectivity index (χ4n) is 5.09. The third-order valence-corrected chi connectivity index (χ3v) is 7.22. The molecule has 2 aromatic rings. The Kier molecular flexibility index (Phi) is 6.67. The molecule has 2 saturated heterocycles. The number of benzene rings is 2. The Morgan fingerprint density at radius 1 is 1.08 bits per heavy atom. The number of nitrogens with one attached hydrogen (secondary N) is 2. The van der Waals surface area contributed by atoms with Gasteiger partial charge < -0.3 is 20.3 Å². The molecule has 4 amide bonds. The van der Waals surface area contributed by atoms with Gasteiger partial charge in [-0.2, -0.15) is 18.4 Å². The molecule has 3 aliphatic rings. The zero-order valence-corrected chi connectivity index (χ0v) is 20.4. The molecule has 0 atom stereocenters. The van der Waals surface area contributed by atoms with E-state index >= 15 is 0 Å². The van der Waals surface area contributed by atoms with Crippen LogP contribution in [0.3, 0.4) is 0 Å². The van der Waals surface area contributed by atoms with Gasteiger partial charge in [0.25, 0.3) is 5.91 Å². The molecule has 13 heteroatoms. The van der Waals surface area contributed by atoms with E-state index in [9.17, 15) is 31.9 Å². The van der Waals surface area contributed by atoms with E-state index in [1.54, 1.807) is 6.07 Å². The van der Waals surface area contributed by atoms with Crippen LogP contribution < -0.4 is 15.5 Å². The molecule has 3 fully saturated rings. The molecular formula is C26H23F4N5O4. The fraction of sp³-hybridized carbons (Fsp3) is 0.385. The number of hydrogen-bond donors (Lipinski definition) is 2. The van der Waals surface area contributed by atoms with Crippen LogP contribution in [0.2, 0.25) is 0 Å². The monoisotopic (exact) mass is 545 g/mol. The minimum Gasteiger partial charge on any atom is -0.377 e. The first-order valence-corrected chi connectivity index (χ1v) is 12.1. The highest BCUT2D eigenvalue weighted by atomic mass is 19.4. The summed E-state index contributed by atoms with van der Waals surface area (Å²) in [5.41, 5.74) is -2.04. The lowest BCUT2D eigenvalue weighted by Crippen LogP contribution is -2.76. The Morgan fingerprint density at radius 3 is 2.31 bits per heavy atom. The number of nitriles is 1. The number of halogens is 4. The Labute approximate surface area is 220 Å². The van der Waals surface area contributed by atoms with Gasteiger partial charge in [-0.05, 0) is 35.9 Å². The summed E-state index contributed by atoms with van der Waals surface area (Å²) >= 11 is 0. The summed E-state index contributed by atoms with van der Waals surface area (Å²) < 4.78 is 58.9. The number of urea groups is 1. The number of amides is 4. The first-order valence-electron chi connectivity index (χ1n) is 12.1. The molecule has 1 spiro atoms. The highest BCUT2D eigenvalue weighted by Crippen LogP contribution is 2.44. The molecule has 1 saturated carbocycles. The van der Waals surface area contributed by atoms with Crippen LogP contribution in [0.4, 0.5) is 28.0 Å². The number of piperazine rings is 1.